The summed E-state index contributed by atoms with van der Waals surface area (Å²) in [5, 5.41) is 0.765. The highest BCUT2D eigenvalue weighted by Gasteiger charge is 2.31. The topological polar surface area (TPSA) is 48.0 Å². The van der Waals surface area contributed by atoms with E-state index in [4.69, 9.17) is 25.8 Å². The van der Waals surface area contributed by atoms with Crippen LogP contribution in [0.2, 0.25) is 5.02 Å². The number of carbonyl (C=O) groups is 1. The number of hydrogen-bond acceptors (Lipinski definition) is 5. The van der Waals surface area contributed by atoms with E-state index >= 15 is 0 Å². The fourth-order valence-corrected chi connectivity index (χ4v) is 3.50. The van der Waals surface area contributed by atoms with Crippen molar-refractivity contribution in [1.29, 1.82) is 0 Å². The van der Waals surface area contributed by atoms with Gasteiger partial charge in [-0.1, -0.05) is 29.8 Å². The third kappa shape index (κ3) is 6.74. The van der Waals surface area contributed by atoms with Crippen molar-refractivity contribution in [3.8, 4) is 11.5 Å². The third-order valence-electron chi connectivity index (χ3n) is 5.15. The van der Waals surface area contributed by atoms with Gasteiger partial charge in [-0.3, -0.25) is 4.90 Å². The molecule has 3 rings (SSSR count). The smallest absolute Gasteiger partial charge is 0.349 e. The molecule has 0 unspecified atom stereocenters. The van der Waals surface area contributed by atoms with E-state index in [1.807, 2.05) is 24.3 Å². The molecule has 166 valence electrons. The highest BCUT2D eigenvalue weighted by Crippen LogP contribution is 2.25. The second kappa shape index (κ2) is 10.7. The zero-order valence-corrected chi connectivity index (χ0v) is 19.2. The van der Waals surface area contributed by atoms with Crippen LogP contribution in [0, 0.1) is 0 Å². The Balaban J connectivity index is 1.43. The summed E-state index contributed by atoms with van der Waals surface area (Å²) in [4.78, 5) is 14.3. The Kier molecular flexibility index (Phi) is 7.99. The molecule has 1 heterocycles. The van der Waals surface area contributed by atoms with Gasteiger partial charge in [-0.25, -0.2) is 4.79 Å². The van der Waals surface area contributed by atoms with Crippen LogP contribution < -0.4 is 9.47 Å². The van der Waals surface area contributed by atoms with Crippen molar-refractivity contribution in [2.45, 2.75) is 32.8 Å². The maximum Gasteiger partial charge on any atom is 0.349 e. The second-order valence-electron chi connectivity index (χ2n) is 7.94. The minimum atomic E-state index is -1.04. The number of nitrogens with zero attached hydrogens (tertiary/aromatic N) is 1. The highest BCUT2D eigenvalue weighted by molar-refractivity contribution is 6.30. The first-order valence-electron chi connectivity index (χ1n) is 10.6. The quantitative estimate of drug-likeness (QED) is 0.497. The zero-order valence-electron chi connectivity index (χ0n) is 18.4. The predicted molar refractivity (Wildman–Crippen MR) is 124 cm³/mol. The molecule has 0 bridgehead atoms. The standard InChI is InChI=1S/C25H30ClNO4/c1-4-29-24(28)25(2,3)31-23-11-9-22(10-12-23)30-18-17-27-15-13-20(14-16-27)19-5-7-21(26)8-6-19/h5-13H,4,14-18H2,1-3H3. The Morgan fingerprint density at radius 2 is 1.74 bits per heavy atom. The van der Waals surface area contributed by atoms with Gasteiger partial charge in [0.15, 0.2) is 5.60 Å². The molecule has 2 aromatic carbocycles. The summed E-state index contributed by atoms with van der Waals surface area (Å²) in [7, 11) is 0. The van der Waals surface area contributed by atoms with Crippen molar-refractivity contribution < 1.29 is 19.0 Å². The van der Waals surface area contributed by atoms with E-state index in [0.29, 0.717) is 19.0 Å². The minimum absolute atomic E-state index is 0.327. The van der Waals surface area contributed by atoms with Crippen LogP contribution >= 0.6 is 11.6 Å². The third-order valence-corrected chi connectivity index (χ3v) is 5.40. The van der Waals surface area contributed by atoms with E-state index < -0.39 is 5.60 Å². The molecule has 31 heavy (non-hydrogen) atoms. The van der Waals surface area contributed by atoms with Gasteiger partial charge in [0.1, 0.15) is 18.1 Å². The summed E-state index contributed by atoms with van der Waals surface area (Å²) in [6, 6.07) is 15.3. The number of ether oxygens (including phenoxy) is 3. The molecule has 0 amide bonds. The van der Waals surface area contributed by atoms with Crippen LogP contribution in [0.1, 0.15) is 32.8 Å². The Morgan fingerprint density at radius 3 is 2.35 bits per heavy atom. The van der Waals surface area contributed by atoms with E-state index in [2.05, 4.69) is 23.1 Å². The average molecular weight is 444 g/mol. The normalized spacial score (nSPS) is 14.6. The minimum Gasteiger partial charge on any atom is -0.492 e. The molecule has 1 aliphatic rings. The van der Waals surface area contributed by atoms with Crippen LogP contribution in [0.15, 0.2) is 54.6 Å². The number of hydrogen-bond donors (Lipinski definition) is 0. The number of rotatable bonds is 9. The van der Waals surface area contributed by atoms with Gasteiger partial charge in [0.2, 0.25) is 0 Å². The summed E-state index contributed by atoms with van der Waals surface area (Å²) in [5.41, 5.74) is 1.58. The Labute approximate surface area is 189 Å². The van der Waals surface area contributed by atoms with Crippen LogP contribution in [-0.2, 0) is 9.53 Å². The Hall–Kier alpha value is -2.50. The molecule has 0 N–H and O–H groups in total. The zero-order chi connectivity index (χ0) is 22.3. The maximum absolute atomic E-state index is 12.0. The largest absolute Gasteiger partial charge is 0.492 e. The predicted octanol–water partition coefficient (Wildman–Crippen LogP) is 5.23. The van der Waals surface area contributed by atoms with Crippen LogP contribution in [0.4, 0.5) is 0 Å². The first kappa shape index (κ1) is 23.2. The fourth-order valence-electron chi connectivity index (χ4n) is 3.38. The van der Waals surface area contributed by atoms with Crippen molar-refractivity contribution in [3.63, 3.8) is 0 Å². The molecule has 6 heteroatoms. The van der Waals surface area contributed by atoms with E-state index in [0.717, 1.165) is 36.8 Å². The van der Waals surface area contributed by atoms with Gasteiger partial charge in [0, 0.05) is 24.7 Å². The van der Waals surface area contributed by atoms with Crippen LogP contribution in [0.25, 0.3) is 5.57 Å². The number of esters is 1. The van der Waals surface area contributed by atoms with E-state index in [1.54, 1.807) is 32.9 Å². The summed E-state index contributed by atoms with van der Waals surface area (Å²) in [6.45, 7) is 8.88. The van der Waals surface area contributed by atoms with E-state index in [-0.39, 0.29) is 5.97 Å². The van der Waals surface area contributed by atoms with Crippen molar-refractivity contribution >= 4 is 23.1 Å². The molecule has 0 spiro atoms. The fraction of sp³-hybridized carbons (Fsp3) is 0.400. The molecule has 0 saturated carbocycles. The second-order valence-corrected chi connectivity index (χ2v) is 8.38. The molecule has 0 fully saturated rings. The average Bonchev–Trinajstić information content (AvgIpc) is 2.76. The van der Waals surface area contributed by atoms with Crippen molar-refractivity contribution in [2.75, 3.05) is 32.8 Å². The number of benzene rings is 2. The van der Waals surface area contributed by atoms with Crippen molar-refractivity contribution in [2.24, 2.45) is 0 Å². The van der Waals surface area contributed by atoms with Gasteiger partial charge in [-0.2, -0.15) is 0 Å². The Bertz CT molecular complexity index is 891. The molecular weight excluding hydrogens is 414 g/mol. The molecule has 0 saturated heterocycles. The van der Waals surface area contributed by atoms with Gasteiger partial charge in [0.25, 0.3) is 0 Å². The number of halogens is 1. The van der Waals surface area contributed by atoms with Gasteiger partial charge in [-0.15, -0.1) is 0 Å². The van der Waals surface area contributed by atoms with Gasteiger partial charge >= 0.3 is 5.97 Å². The molecular formula is C25H30ClNO4. The molecule has 2 aromatic rings. The first-order valence-corrected chi connectivity index (χ1v) is 11.0. The van der Waals surface area contributed by atoms with Crippen LogP contribution in [0.5, 0.6) is 11.5 Å². The maximum atomic E-state index is 12.0. The summed E-state index contributed by atoms with van der Waals surface area (Å²) in [5.74, 6) is 0.988. The Morgan fingerprint density at radius 1 is 1.06 bits per heavy atom. The van der Waals surface area contributed by atoms with E-state index in [1.165, 1.54) is 11.1 Å². The highest BCUT2D eigenvalue weighted by atomic mass is 35.5. The van der Waals surface area contributed by atoms with Gasteiger partial charge in [-0.05, 0) is 74.7 Å². The SMILES string of the molecule is CCOC(=O)C(C)(C)Oc1ccc(OCCN2CC=C(c3ccc(Cl)cc3)CC2)cc1. The van der Waals surface area contributed by atoms with Crippen molar-refractivity contribution in [1.82, 2.24) is 4.90 Å². The summed E-state index contributed by atoms with van der Waals surface area (Å²) >= 11 is 5.98. The number of carbonyl (C=O) groups excluding carboxylic acids is 1. The summed E-state index contributed by atoms with van der Waals surface area (Å²) in [6.07, 6.45) is 3.30. The molecule has 1 aliphatic heterocycles. The van der Waals surface area contributed by atoms with E-state index in [9.17, 15) is 4.79 Å². The first-order chi connectivity index (χ1) is 14.9. The molecule has 0 radical (unpaired) electrons. The lowest BCUT2D eigenvalue weighted by atomic mass is 10.00. The lowest BCUT2D eigenvalue weighted by Gasteiger charge is -2.26. The molecule has 0 atom stereocenters. The van der Waals surface area contributed by atoms with Crippen LogP contribution in [0.3, 0.4) is 0 Å². The van der Waals surface area contributed by atoms with Crippen molar-refractivity contribution in [3.05, 3.63) is 65.2 Å². The lowest BCUT2D eigenvalue weighted by molar-refractivity contribution is -0.158. The molecule has 0 aromatic heterocycles. The van der Waals surface area contributed by atoms with Gasteiger partial charge in [0.05, 0.1) is 6.61 Å². The van der Waals surface area contributed by atoms with Crippen LogP contribution in [-0.4, -0.2) is 49.3 Å². The molecule has 5 nitrogen and oxygen atoms in total. The van der Waals surface area contributed by atoms with Gasteiger partial charge < -0.3 is 14.2 Å². The summed E-state index contributed by atoms with van der Waals surface area (Å²) < 4.78 is 16.7. The molecule has 0 aliphatic carbocycles. The lowest BCUT2D eigenvalue weighted by Crippen LogP contribution is -2.39. The monoisotopic (exact) mass is 443 g/mol.